The molecule has 1 aliphatic carbocycles. The van der Waals surface area contributed by atoms with Gasteiger partial charge >= 0.3 is 0 Å². The lowest BCUT2D eigenvalue weighted by Crippen LogP contribution is -2.27. The fourth-order valence-electron chi connectivity index (χ4n) is 3.79. The van der Waals surface area contributed by atoms with Crippen LogP contribution in [0.3, 0.4) is 0 Å². The van der Waals surface area contributed by atoms with Crippen molar-refractivity contribution in [3.63, 3.8) is 0 Å². The molecule has 1 aliphatic rings. The molecular weight excluding hydrogens is 424 g/mol. The molecule has 1 atom stereocenters. The molecule has 0 spiro atoms. The molecule has 0 radical (unpaired) electrons. The van der Waals surface area contributed by atoms with Crippen molar-refractivity contribution in [1.29, 1.82) is 0 Å². The summed E-state index contributed by atoms with van der Waals surface area (Å²) in [5.41, 5.74) is 5.31. The highest BCUT2D eigenvalue weighted by Gasteiger charge is 2.33. The number of amides is 2. The highest BCUT2D eigenvalue weighted by molar-refractivity contribution is 7.17. The summed E-state index contributed by atoms with van der Waals surface area (Å²) in [5.74, 6) is -1.06. The minimum Gasteiger partial charge on any atom is -0.365 e. The number of fused-ring (bicyclic) bond motifs is 1. The molecule has 3 N–H and O–H groups in total. The fraction of sp³-hybridized carbons (Fsp3) is 0.400. The van der Waals surface area contributed by atoms with E-state index in [9.17, 15) is 29.8 Å². The first-order valence-corrected chi connectivity index (χ1v) is 10.4. The maximum Gasteiger partial charge on any atom is 0.277 e. The van der Waals surface area contributed by atoms with Crippen LogP contribution in [0.15, 0.2) is 18.2 Å². The van der Waals surface area contributed by atoms with Crippen LogP contribution in [-0.2, 0) is 12.8 Å². The van der Waals surface area contributed by atoms with E-state index in [4.69, 9.17) is 5.73 Å². The predicted molar refractivity (Wildman–Crippen MR) is 116 cm³/mol. The van der Waals surface area contributed by atoms with Crippen molar-refractivity contribution in [3.05, 3.63) is 60.0 Å². The molecule has 164 valence electrons. The maximum absolute atomic E-state index is 12.8. The van der Waals surface area contributed by atoms with Crippen LogP contribution in [0.5, 0.6) is 0 Å². The SMILES string of the molecule is CC(C)(C)C1CCc2c(sc(NC(=O)c3cc([N+](=O)[O-])cc([N+](=O)[O-])c3)c2C(N)=O)C1. The second kappa shape index (κ2) is 8.06. The number of rotatable bonds is 5. The number of nitrogens with one attached hydrogen (secondary N) is 1. The summed E-state index contributed by atoms with van der Waals surface area (Å²) in [7, 11) is 0. The van der Waals surface area contributed by atoms with Gasteiger partial charge in [-0.05, 0) is 36.2 Å². The molecule has 0 fully saturated rings. The average molecular weight is 446 g/mol. The van der Waals surface area contributed by atoms with Crippen LogP contribution in [0.1, 0.15) is 58.3 Å². The first-order valence-electron chi connectivity index (χ1n) is 9.58. The fourth-order valence-corrected chi connectivity index (χ4v) is 5.11. The van der Waals surface area contributed by atoms with Gasteiger partial charge in [0.2, 0.25) is 0 Å². The first kappa shape index (κ1) is 22.3. The molecule has 1 aromatic carbocycles. The minimum atomic E-state index is -0.810. The van der Waals surface area contributed by atoms with Gasteiger partial charge in [0, 0.05) is 17.0 Å². The van der Waals surface area contributed by atoms with E-state index in [0.717, 1.165) is 41.5 Å². The van der Waals surface area contributed by atoms with Gasteiger partial charge in [0.25, 0.3) is 23.2 Å². The molecule has 11 heteroatoms. The van der Waals surface area contributed by atoms with Gasteiger partial charge in [0.1, 0.15) is 5.00 Å². The summed E-state index contributed by atoms with van der Waals surface area (Å²) in [4.78, 5) is 46.4. The number of benzene rings is 1. The van der Waals surface area contributed by atoms with Gasteiger partial charge in [-0.2, -0.15) is 0 Å². The molecule has 2 amide bonds. The number of nitro groups is 2. The lowest BCUT2D eigenvalue weighted by Gasteiger charge is -2.33. The van der Waals surface area contributed by atoms with Crippen LogP contribution in [0, 0.1) is 31.6 Å². The zero-order valence-corrected chi connectivity index (χ0v) is 18.1. The van der Waals surface area contributed by atoms with Crippen LogP contribution in [0.25, 0.3) is 0 Å². The Morgan fingerprint density at radius 2 is 1.71 bits per heavy atom. The summed E-state index contributed by atoms with van der Waals surface area (Å²) in [6.07, 6.45) is 2.30. The molecule has 31 heavy (non-hydrogen) atoms. The lowest BCUT2D eigenvalue weighted by atomic mass is 9.72. The van der Waals surface area contributed by atoms with Gasteiger partial charge in [-0.3, -0.25) is 29.8 Å². The number of thiophene rings is 1. The Balaban J connectivity index is 1.97. The van der Waals surface area contributed by atoms with E-state index in [0.29, 0.717) is 12.3 Å². The van der Waals surface area contributed by atoms with Crippen LogP contribution < -0.4 is 11.1 Å². The van der Waals surface area contributed by atoms with Gasteiger partial charge in [0.15, 0.2) is 0 Å². The largest absolute Gasteiger partial charge is 0.365 e. The van der Waals surface area contributed by atoms with Gasteiger partial charge in [-0.25, -0.2) is 0 Å². The molecule has 0 saturated carbocycles. The van der Waals surface area contributed by atoms with Crippen molar-refractivity contribution in [2.75, 3.05) is 5.32 Å². The zero-order chi connectivity index (χ0) is 23.1. The van der Waals surface area contributed by atoms with Crippen LogP contribution in [0.4, 0.5) is 16.4 Å². The van der Waals surface area contributed by atoms with E-state index in [-0.39, 0.29) is 21.5 Å². The standard InChI is InChI=1S/C20H22N4O6S/c1-20(2,3)11-4-5-14-15(8-11)31-19(16(14)17(21)25)22-18(26)10-6-12(23(27)28)9-13(7-10)24(29)30/h6-7,9,11H,4-5,8H2,1-3H3,(H2,21,25)(H,22,26). The monoisotopic (exact) mass is 446 g/mol. The molecular formula is C20H22N4O6S. The summed E-state index contributed by atoms with van der Waals surface area (Å²) < 4.78 is 0. The van der Waals surface area contributed by atoms with Crippen molar-refractivity contribution in [1.82, 2.24) is 0 Å². The Bertz CT molecular complexity index is 1070. The molecule has 10 nitrogen and oxygen atoms in total. The summed E-state index contributed by atoms with van der Waals surface area (Å²) in [6.45, 7) is 6.47. The van der Waals surface area contributed by atoms with E-state index in [2.05, 4.69) is 26.1 Å². The predicted octanol–water partition coefficient (Wildman–Crippen LogP) is 4.07. The Morgan fingerprint density at radius 3 is 2.19 bits per heavy atom. The number of carbonyl (C=O) groups is 2. The number of carbonyl (C=O) groups excluding carboxylic acids is 2. The zero-order valence-electron chi connectivity index (χ0n) is 17.3. The van der Waals surface area contributed by atoms with Crippen molar-refractivity contribution in [2.45, 2.75) is 40.0 Å². The number of nitrogens with zero attached hydrogens (tertiary/aromatic N) is 2. The Labute approximate surface area is 181 Å². The molecule has 1 heterocycles. The number of non-ortho nitro benzene ring substituents is 2. The average Bonchev–Trinajstić information content (AvgIpc) is 3.03. The number of nitro benzene ring substituents is 2. The second-order valence-corrected chi connectivity index (χ2v) is 9.69. The van der Waals surface area contributed by atoms with Gasteiger partial charge in [0.05, 0.1) is 27.0 Å². The second-order valence-electron chi connectivity index (χ2n) is 8.58. The van der Waals surface area contributed by atoms with Crippen LogP contribution in [-0.4, -0.2) is 21.7 Å². The van der Waals surface area contributed by atoms with Gasteiger partial charge < -0.3 is 11.1 Å². The molecule has 2 aromatic rings. The number of anilines is 1. The first-order chi connectivity index (χ1) is 14.4. The Kier molecular flexibility index (Phi) is 5.81. The number of nitrogens with two attached hydrogens (primary N) is 1. The summed E-state index contributed by atoms with van der Waals surface area (Å²) in [6, 6.07) is 2.69. The molecule has 3 rings (SSSR count). The van der Waals surface area contributed by atoms with E-state index >= 15 is 0 Å². The van der Waals surface area contributed by atoms with Gasteiger partial charge in [-0.1, -0.05) is 20.8 Å². The lowest BCUT2D eigenvalue weighted by molar-refractivity contribution is -0.394. The van der Waals surface area contributed by atoms with E-state index in [1.54, 1.807) is 0 Å². The van der Waals surface area contributed by atoms with E-state index < -0.39 is 33.0 Å². The molecule has 0 aliphatic heterocycles. The number of hydrogen-bond acceptors (Lipinski definition) is 7. The van der Waals surface area contributed by atoms with Crippen molar-refractivity contribution in [2.24, 2.45) is 17.1 Å². The van der Waals surface area contributed by atoms with E-state index in [1.165, 1.54) is 11.3 Å². The molecule has 1 unspecified atom stereocenters. The third-order valence-electron chi connectivity index (χ3n) is 5.55. The van der Waals surface area contributed by atoms with Crippen LogP contribution >= 0.6 is 11.3 Å². The number of primary amides is 1. The normalized spacial score (nSPS) is 15.8. The molecule has 0 saturated heterocycles. The van der Waals surface area contributed by atoms with Crippen molar-refractivity contribution >= 4 is 39.5 Å². The highest BCUT2D eigenvalue weighted by atomic mass is 32.1. The van der Waals surface area contributed by atoms with Crippen molar-refractivity contribution < 1.29 is 19.4 Å². The summed E-state index contributed by atoms with van der Waals surface area (Å²) in [5, 5.41) is 25.0. The Hall–Kier alpha value is -3.34. The van der Waals surface area contributed by atoms with Gasteiger partial charge in [-0.15, -0.1) is 11.3 Å². The smallest absolute Gasteiger partial charge is 0.277 e. The highest BCUT2D eigenvalue weighted by Crippen LogP contribution is 2.44. The van der Waals surface area contributed by atoms with Crippen molar-refractivity contribution in [3.8, 4) is 0 Å². The summed E-state index contributed by atoms with van der Waals surface area (Å²) >= 11 is 1.25. The third kappa shape index (κ3) is 4.55. The maximum atomic E-state index is 12.8. The van der Waals surface area contributed by atoms with E-state index in [1.807, 2.05) is 0 Å². The Morgan fingerprint density at radius 1 is 1.13 bits per heavy atom. The van der Waals surface area contributed by atoms with Crippen LogP contribution in [0.2, 0.25) is 0 Å². The third-order valence-corrected chi connectivity index (χ3v) is 6.72. The molecule has 1 aromatic heterocycles. The minimum absolute atomic E-state index is 0.0832. The topological polar surface area (TPSA) is 158 Å². The molecule has 0 bridgehead atoms. The quantitative estimate of drug-likeness (QED) is 0.520. The number of hydrogen-bond donors (Lipinski definition) is 2.